The van der Waals surface area contributed by atoms with Crippen molar-refractivity contribution in [2.24, 2.45) is 17.8 Å². The molecule has 1 rings (SSSR count). The lowest BCUT2D eigenvalue weighted by atomic mass is 9.94. The summed E-state index contributed by atoms with van der Waals surface area (Å²) in [5, 5.41) is 11.9. The van der Waals surface area contributed by atoms with Gasteiger partial charge in [0.05, 0.1) is 5.92 Å². The molecule has 132 valence electrons. The smallest absolute Gasteiger partial charge is 0.326 e. The van der Waals surface area contributed by atoms with Crippen LogP contribution in [0.5, 0.6) is 0 Å². The molecule has 6 nitrogen and oxygen atoms in total. The van der Waals surface area contributed by atoms with E-state index >= 15 is 0 Å². The van der Waals surface area contributed by atoms with Crippen molar-refractivity contribution in [3.05, 3.63) is 0 Å². The number of piperidine rings is 1. The number of hydrogen-bond acceptors (Lipinski definition) is 3. The van der Waals surface area contributed by atoms with E-state index in [1.54, 1.807) is 4.90 Å². The van der Waals surface area contributed by atoms with Gasteiger partial charge in [0.1, 0.15) is 6.04 Å². The van der Waals surface area contributed by atoms with Gasteiger partial charge in [0, 0.05) is 19.0 Å². The summed E-state index contributed by atoms with van der Waals surface area (Å²) in [6.07, 6.45) is 2.66. The van der Waals surface area contributed by atoms with Gasteiger partial charge in [-0.15, -0.1) is 0 Å². The summed E-state index contributed by atoms with van der Waals surface area (Å²) in [6, 6.07) is -0.858. The molecule has 1 heterocycles. The third kappa shape index (κ3) is 5.84. The van der Waals surface area contributed by atoms with Gasteiger partial charge in [-0.3, -0.25) is 9.59 Å². The molecular formula is C17H30N2O4. The molecule has 2 unspecified atom stereocenters. The van der Waals surface area contributed by atoms with Gasteiger partial charge in [0.15, 0.2) is 0 Å². The van der Waals surface area contributed by atoms with Gasteiger partial charge in [-0.25, -0.2) is 4.79 Å². The van der Waals surface area contributed by atoms with Crippen molar-refractivity contribution in [2.75, 3.05) is 13.1 Å². The van der Waals surface area contributed by atoms with Gasteiger partial charge in [-0.2, -0.15) is 0 Å². The van der Waals surface area contributed by atoms with Crippen molar-refractivity contribution in [1.82, 2.24) is 10.2 Å². The molecule has 0 aliphatic carbocycles. The Morgan fingerprint density at radius 2 is 1.91 bits per heavy atom. The highest BCUT2D eigenvalue weighted by Crippen LogP contribution is 2.20. The average Bonchev–Trinajstić information content (AvgIpc) is 2.52. The first-order valence-corrected chi connectivity index (χ1v) is 8.58. The molecule has 0 bridgehead atoms. The molecule has 3 atom stereocenters. The summed E-state index contributed by atoms with van der Waals surface area (Å²) < 4.78 is 0. The fourth-order valence-electron chi connectivity index (χ4n) is 2.86. The predicted molar refractivity (Wildman–Crippen MR) is 87.8 cm³/mol. The molecule has 0 aromatic heterocycles. The minimum absolute atomic E-state index is 0.0375. The van der Waals surface area contributed by atoms with E-state index in [0.717, 1.165) is 12.8 Å². The van der Waals surface area contributed by atoms with Crippen molar-refractivity contribution < 1.29 is 19.5 Å². The number of amides is 2. The number of carboxylic acids is 1. The number of carboxylic acid groups (broad SMARTS) is 1. The summed E-state index contributed by atoms with van der Waals surface area (Å²) in [5.74, 6) is -1.33. The first kappa shape index (κ1) is 19.5. The number of likely N-dealkylation sites (tertiary alicyclic amines) is 1. The minimum Gasteiger partial charge on any atom is -0.480 e. The number of carbonyl (C=O) groups excluding carboxylic acids is 2. The molecular weight excluding hydrogens is 296 g/mol. The van der Waals surface area contributed by atoms with Crippen molar-refractivity contribution >= 4 is 17.8 Å². The zero-order valence-electron chi connectivity index (χ0n) is 14.7. The fourth-order valence-corrected chi connectivity index (χ4v) is 2.86. The Hall–Kier alpha value is -1.59. The third-order valence-electron chi connectivity index (χ3n) is 4.46. The van der Waals surface area contributed by atoms with Gasteiger partial charge in [-0.1, -0.05) is 27.7 Å². The van der Waals surface area contributed by atoms with E-state index < -0.39 is 12.0 Å². The number of nitrogens with one attached hydrogen (secondary N) is 1. The van der Waals surface area contributed by atoms with E-state index in [1.165, 1.54) is 0 Å². The van der Waals surface area contributed by atoms with Crippen molar-refractivity contribution in [3.8, 4) is 0 Å². The molecule has 1 aliphatic heterocycles. The lowest BCUT2D eigenvalue weighted by Crippen LogP contribution is -2.50. The topological polar surface area (TPSA) is 86.7 Å². The lowest BCUT2D eigenvalue weighted by molar-refractivity contribution is -0.144. The number of aliphatic carboxylic acids is 1. The fraction of sp³-hybridized carbons (Fsp3) is 0.824. The van der Waals surface area contributed by atoms with Crippen LogP contribution in [0.1, 0.15) is 53.4 Å². The van der Waals surface area contributed by atoms with Crippen LogP contribution in [-0.4, -0.2) is 46.9 Å². The molecule has 6 heteroatoms. The van der Waals surface area contributed by atoms with Gasteiger partial charge < -0.3 is 15.3 Å². The standard InChI is InChI=1S/C17H30N2O4/c1-5-12(4)16(21)19-8-6-7-13(10-19)15(20)18-14(17(22)23)9-11(2)3/h11-14H,5-10H2,1-4H3,(H,18,20)(H,22,23)/t12?,13?,14-/m0/s1. The molecule has 2 amide bonds. The summed E-state index contributed by atoms with van der Waals surface area (Å²) >= 11 is 0. The Balaban J connectivity index is 2.64. The highest BCUT2D eigenvalue weighted by atomic mass is 16.4. The maximum atomic E-state index is 12.4. The monoisotopic (exact) mass is 326 g/mol. The zero-order valence-corrected chi connectivity index (χ0v) is 14.7. The van der Waals surface area contributed by atoms with Crippen LogP contribution < -0.4 is 5.32 Å². The summed E-state index contributed by atoms with van der Waals surface area (Å²) in [5.41, 5.74) is 0. The maximum absolute atomic E-state index is 12.4. The Morgan fingerprint density at radius 1 is 1.26 bits per heavy atom. The largest absolute Gasteiger partial charge is 0.480 e. The summed E-state index contributed by atoms with van der Waals surface area (Å²) in [6.45, 7) is 8.80. The molecule has 1 aliphatic rings. The minimum atomic E-state index is -1.00. The first-order chi connectivity index (χ1) is 10.8. The van der Waals surface area contributed by atoms with Crippen LogP contribution in [0.3, 0.4) is 0 Å². The summed E-state index contributed by atoms with van der Waals surface area (Å²) in [4.78, 5) is 37.7. The molecule has 1 saturated heterocycles. The van der Waals surface area contributed by atoms with Crippen molar-refractivity contribution in [2.45, 2.75) is 59.4 Å². The van der Waals surface area contributed by atoms with Crippen molar-refractivity contribution in [1.29, 1.82) is 0 Å². The molecule has 0 spiro atoms. The van der Waals surface area contributed by atoms with Crippen LogP contribution in [0.25, 0.3) is 0 Å². The van der Waals surface area contributed by atoms with E-state index in [0.29, 0.717) is 25.9 Å². The molecule has 0 aromatic carbocycles. The second kappa shape index (κ2) is 8.89. The van der Waals surface area contributed by atoms with Crippen LogP contribution in [0.4, 0.5) is 0 Å². The number of hydrogen-bond donors (Lipinski definition) is 2. The normalized spacial score (nSPS) is 20.9. The van der Waals surface area contributed by atoms with Gasteiger partial charge in [0.2, 0.25) is 11.8 Å². The lowest BCUT2D eigenvalue weighted by Gasteiger charge is -2.34. The van der Waals surface area contributed by atoms with Gasteiger partial charge in [-0.05, 0) is 31.6 Å². The van der Waals surface area contributed by atoms with Crippen LogP contribution in [0, 0.1) is 17.8 Å². The highest BCUT2D eigenvalue weighted by Gasteiger charge is 2.32. The Morgan fingerprint density at radius 3 is 2.43 bits per heavy atom. The number of nitrogens with zero attached hydrogens (tertiary/aromatic N) is 1. The molecule has 0 radical (unpaired) electrons. The van der Waals surface area contributed by atoms with Crippen LogP contribution in [0.15, 0.2) is 0 Å². The first-order valence-electron chi connectivity index (χ1n) is 8.58. The van der Waals surface area contributed by atoms with E-state index in [9.17, 15) is 19.5 Å². The molecule has 23 heavy (non-hydrogen) atoms. The Labute approximate surface area is 138 Å². The van der Waals surface area contributed by atoms with Crippen LogP contribution in [-0.2, 0) is 14.4 Å². The van der Waals surface area contributed by atoms with E-state index in [2.05, 4.69) is 5.32 Å². The predicted octanol–water partition coefficient (Wildman–Crippen LogP) is 1.89. The third-order valence-corrected chi connectivity index (χ3v) is 4.46. The SMILES string of the molecule is CCC(C)C(=O)N1CCCC(C(=O)N[C@@H](CC(C)C)C(=O)O)C1. The van der Waals surface area contributed by atoms with Crippen LogP contribution in [0.2, 0.25) is 0 Å². The quantitative estimate of drug-likeness (QED) is 0.748. The Kier molecular flexibility index (Phi) is 7.52. The van der Waals surface area contributed by atoms with Crippen molar-refractivity contribution in [3.63, 3.8) is 0 Å². The summed E-state index contributed by atoms with van der Waals surface area (Å²) in [7, 11) is 0. The molecule has 0 saturated carbocycles. The van der Waals surface area contributed by atoms with E-state index in [-0.39, 0.29) is 29.6 Å². The second-order valence-electron chi connectivity index (χ2n) is 6.96. The Bertz CT molecular complexity index is 436. The van der Waals surface area contributed by atoms with Gasteiger partial charge >= 0.3 is 5.97 Å². The highest BCUT2D eigenvalue weighted by molar-refractivity contribution is 5.86. The number of rotatable bonds is 7. The average molecular weight is 326 g/mol. The van der Waals surface area contributed by atoms with E-state index in [4.69, 9.17) is 0 Å². The molecule has 2 N–H and O–H groups in total. The molecule has 0 aromatic rings. The zero-order chi connectivity index (χ0) is 17.6. The second-order valence-corrected chi connectivity index (χ2v) is 6.96. The number of carbonyl (C=O) groups is 3. The van der Waals surface area contributed by atoms with Crippen LogP contribution >= 0.6 is 0 Å². The van der Waals surface area contributed by atoms with Gasteiger partial charge in [0.25, 0.3) is 0 Å². The maximum Gasteiger partial charge on any atom is 0.326 e. The molecule has 1 fully saturated rings. The van der Waals surface area contributed by atoms with E-state index in [1.807, 2.05) is 27.7 Å².